The van der Waals surface area contributed by atoms with Crippen LogP contribution in [0, 0.1) is 0 Å². The zero-order chi connectivity index (χ0) is 19.3. The first-order valence-corrected chi connectivity index (χ1v) is 8.18. The molecule has 0 radical (unpaired) electrons. The van der Waals surface area contributed by atoms with Gasteiger partial charge in [0, 0.05) is 38.1 Å². The van der Waals surface area contributed by atoms with Gasteiger partial charge in [-0.25, -0.2) is 0 Å². The molecular weight excluding hydrogens is 338 g/mol. The molecule has 1 unspecified atom stereocenters. The van der Waals surface area contributed by atoms with Crippen LogP contribution in [0.1, 0.15) is 40.0 Å². The highest BCUT2D eigenvalue weighted by molar-refractivity contribution is 6.28. The van der Waals surface area contributed by atoms with Crippen LogP contribution >= 0.6 is 0 Å². The number of methoxy groups -OCH3 is 2. The van der Waals surface area contributed by atoms with Crippen LogP contribution in [0.2, 0.25) is 0 Å². The van der Waals surface area contributed by atoms with Crippen LogP contribution in [0.3, 0.4) is 0 Å². The molecule has 138 valence electrons. The van der Waals surface area contributed by atoms with Crippen LogP contribution in [0.5, 0.6) is 0 Å². The Morgan fingerprint density at radius 2 is 1.65 bits per heavy atom. The molecule has 7 heteroatoms. The van der Waals surface area contributed by atoms with Crippen LogP contribution in [-0.4, -0.2) is 50.7 Å². The number of Topliss-reactive ketones (excluding diaryl/α,β-unsaturated/α-hetero) is 3. The second-order valence-electron chi connectivity index (χ2n) is 5.75. The van der Waals surface area contributed by atoms with Gasteiger partial charge in [0.2, 0.25) is 5.78 Å². The van der Waals surface area contributed by atoms with Crippen molar-refractivity contribution in [1.29, 1.82) is 0 Å². The maximum Gasteiger partial charge on any atom is 0.305 e. The van der Waals surface area contributed by atoms with Gasteiger partial charge in [-0.3, -0.25) is 19.2 Å². The summed E-state index contributed by atoms with van der Waals surface area (Å²) < 4.78 is 9.80. The molecule has 1 aromatic rings. The van der Waals surface area contributed by atoms with Gasteiger partial charge in [0.05, 0.1) is 18.4 Å². The zero-order valence-electron chi connectivity index (χ0n) is 15.0. The smallest absolute Gasteiger partial charge is 0.305 e. The molecule has 7 nitrogen and oxygen atoms in total. The van der Waals surface area contributed by atoms with Crippen molar-refractivity contribution < 1.29 is 28.7 Å². The molecule has 0 aliphatic heterocycles. The normalized spacial score (nSPS) is 14.7. The van der Waals surface area contributed by atoms with Crippen molar-refractivity contribution in [2.24, 2.45) is 0 Å². The van der Waals surface area contributed by atoms with Crippen LogP contribution < -0.4 is 5.32 Å². The molecule has 0 spiro atoms. The minimum atomic E-state index is -1.18. The van der Waals surface area contributed by atoms with E-state index >= 15 is 0 Å². The molecule has 0 fully saturated rings. The third kappa shape index (κ3) is 3.72. The van der Waals surface area contributed by atoms with E-state index in [1.807, 2.05) is 0 Å². The van der Waals surface area contributed by atoms with Crippen molar-refractivity contribution >= 4 is 23.3 Å². The second-order valence-corrected chi connectivity index (χ2v) is 5.75. The van der Waals surface area contributed by atoms with E-state index < -0.39 is 17.9 Å². The number of ketones is 3. The Hall–Kier alpha value is -2.80. The second kappa shape index (κ2) is 8.53. The standard InChI is InChI=1S/C19H21NO6/c1-20-16-15(17(23)11-7-4-5-8-12(11)18(16)24)19(26-3)13(21)9-6-10-14(22)25-2/h4-5,7-8,19-20H,6,9-10H2,1-3H3. The number of carbonyl (C=O) groups is 4. The van der Waals surface area contributed by atoms with Gasteiger partial charge in [0.25, 0.3) is 0 Å². The average Bonchev–Trinajstić information content (AvgIpc) is 2.66. The van der Waals surface area contributed by atoms with Gasteiger partial charge in [-0.15, -0.1) is 0 Å². The van der Waals surface area contributed by atoms with Gasteiger partial charge in [0.1, 0.15) is 6.10 Å². The predicted molar refractivity (Wildman–Crippen MR) is 92.9 cm³/mol. The maximum absolute atomic E-state index is 12.9. The first-order chi connectivity index (χ1) is 12.5. The van der Waals surface area contributed by atoms with Crippen molar-refractivity contribution in [2.75, 3.05) is 21.3 Å². The lowest BCUT2D eigenvalue weighted by atomic mass is 9.83. The van der Waals surface area contributed by atoms with Crippen molar-refractivity contribution in [1.82, 2.24) is 5.32 Å². The number of rotatable bonds is 8. The molecule has 0 aromatic heterocycles. The largest absolute Gasteiger partial charge is 0.469 e. The summed E-state index contributed by atoms with van der Waals surface area (Å²) >= 11 is 0. The van der Waals surface area contributed by atoms with Crippen LogP contribution in [0.4, 0.5) is 0 Å². The van der Waals surface area contributed by atoms with Gasteiger partial charge >= 0.3 is 5.97 Å². The van der Waals surface area contributed by atoms with Gasteiger partial charge in [-0.1, -0.05) is 24.3 Å². The number of benzene rings is 1. The van der Waals surface area contributed by atoms with E-state index in [0.29, 0.717) is 5.56 Å². The lowest BCUT2D eigenvalue weighted by molar-refractivity contribution is -0.140. The third-order valence-electron chi connectivity index (χ3n) is 4.23. The average molecular weight is 359 g/mol. The number of esters is 1. The van der Waals surface area contributed by atoms with Gasteiger partial charge in [-0.05, 0) is 6.42 Å². The Labute approximate surface area is 151 Å². The molecule has 0 saturated carbocycles. The summed E-state index contributed by atoms with van der Waals surface area (Å²) in [5.41, 5.74) is 0.596. The predicted octanol–water partition coefficient (Wildman–Crippen LogP) is 1.47. The number of nitrogens with one attached hydrogen (secondary N) is 1. The Kier molecular flexibility index (Phi) is 6.41. The number of hydrogen-bond acceptors (Lipinski definition) is 7. The van der Waals surface area contributed by atoms with Crippen molar-refractivity contribution in [3.05, 3.63) is 46.7 Å². The fraction of sp³-hybridized carbons (Fsp3) is 0.368. The summed E-state index contributed by atoms with van der Waals surface area (Å²) in [7, 11) is 4.10. The summed E-state index contributed by atoms with van der Waals surface area (Å²) in [6.45, 7) is 0. The third-order valence-corrected chi connectivity index (χ3v) is 4.23. The molecule has 0 saturated heterocycles. The van der Waals surface area contributed by atoms with E-state index in [2.05, 4.69) is 10.1 Å². The van der Waals surface area contributed by atoms with E-state index in [1.165, 1.54) is 21.3 Å². The van der Waals surface area contributed by atoms with E-state index in [1.54, 1.807) is 24.3 Å². The highest BCUT2D eigenvalue weighted by Crippen LogP contribution is 2.28. The van der Waals surface area contributed by atoms with Crippen molar-refractivity contribution in [3.8, 4) is 0 Å². The molecule has 0 amide bonds. The number of ether oxygens (including phenoxy) is 2. The zero-order valence-corrected chi connectivity index (χ0v) is 15.0. The van der Waals surface area contributed by atoms with E-state index in [4.69, 9.17) is 4.74 Å². The molecule has 0 bridgehead atoms. The minimum absolute atomic E-state index is 0.00164. The SMILES string of the molecule is CNC1=C(C(OC)C(=O)CCCC(=O)OC)C(=O)c2ccccc2C1=O. The Morgan fingerprint density at radius 1 is 1.04 bits per heavy atom. The number of hydrogen-bond donors (Lipinski definition) is 1. The summed E-state index contributed by atoms with van der Waals surface area (Å²) in [5, 5.41) is 2.73. The van der Waals surface area contributed by atoms with Crippen molar-refractivity contribution in [3.63, 3.8) is 0 Å². The number of fused-ring (bicyclic) bond motifs is 1. The first-order valence-electron chi connectivity index (χ1n) is 8.18. The van der Waals surface area contributed by atoms with E-state index in [0.717, 1.165) is 0 Å². The summed E-state index contributed by atoms with van der Waals surface area (Å²) in [6.07, 6.45) is -0.796. The summed E-state index contributed by atoms with van der Waals surface area (Å²) in [4.78, 5) is 49.3. The highest BCUT2D eigenvalue weighted by atomic mass is 16.5. The quantitative estimate of drug-likeness (QED) is 0.702. The summed E-state index contributed by atoms with van der Waals surface area (Å²) in [6, 6.07) is 6.46. The Bertz CT molecular complexity index is 780. The van der Waals surface area contributed by atoms with E-state index in [9.17, 15) is 19.2 Å². The van der Waals surface area contributed by atoms with Crippen LogP contribution in [0.15, 0.2) is 35.5 Å². The van der Waals surface area contributed by atoms with Crippen molar-refractivity contribution in [2.45, 2.75) is 25.4 Å². The van der Waals surface area contributed by atoms with Crippen LogP contribution in [0.25, 0.3) is 0 Å². The molecular formula is C19H21NO6. The summed E-state index contributed by atoms with van der Waals surface area (Å²) in [5.74, 6) is -1.57. The molecule has 1 aromatic carbocycles. The monoisotopic (exact) mass is 359 g/mol. The fourth-order valence-electron chi connectivity index (χ4n) is 2.94. The van der Waals surface area contributed by atoms with Gasteiger partial charge in [0.15, 0.2) is 11.6 Å². The maximum atomic E-state index is 12.9. The molecule has 0 heterocycles. The van der Waals surface area contributed by atoms with E-state index in [-0.39, 0.29) is 47.7 Å². The number of allylic oxidation sites excluding steroid dienone is 1. The van der Waals surface area contributed by atoms with Crippen LogP contribution in [-0.2, 0) is 19.1 Å². The Morgan fingerprint density at radius 3 is 2.19 bits per heavy atom. The van der Waals surface area contributed by atoms with Gasteiger partial charge in [-0.2, -0.15) is 0 Å². The molecule has 1 aliphatic rings. The molecule has 1 atom stereocenters. The topological polar surface area (TPSA) is 98.8 Å². The molecule has 1 N–H and O–H groups in total. The highest BCUT2D eigenvalue weighted by Gasteiger charge is 2.38. The number of carbonyl (C=O) groups excluding carboxylic acids is 4. The minimum Gasteiger partial charge on any atom is -0.469 e. The molecule has 26 heavy (non-hydrogen) atoms. The molecule has 2 rings (SSSR count). The fourth-order valence-corrected chi connectivity index (χ4v) is 2.94. The van der Waals surface area contributed by atoms with Gasteiger partial charge < -0.3 is 14.8 Å². The lowest BCUT2D eigenvalue weighted by Crippen LogP contribution is -2.38. The Balaban J connectivity index is 2.32. The molecule has 1 aliphatic carbocycles. The first kappa shape index (κ1) is 19.5. The number of likely N-dealkylation sites (N-methyl/N-ethyl adjacent to an activating group) is 1. The lowest BCUT2D eigenvalue weighted by Gasteiger charge is -2.25.